The molecule has 0 unspecified atom stereocenters. The van der Waals surface area contributed by atoms with Crippen LogP contribution < -0.4 is 20.9 Å². The third-order valence-electron chi connectivity index (χ3n) is 3.78. The maximum absolute atomic E-state index is 12.2. The molecule has 2 aromatic rings. The number of nitrogens with one attached hydrogen (secondary N) is 3. The van der Waals surface area contributed by atoms with E-state index in [4.69, 9.17) is 28.6 Å². The normalized spacial score (nSPS) is 11.4. The van der Waals surface area contributed by atoms with Gasteiger partial charge in [0.05, 0.1) is 0 Å². The lowest BCUT2D eigenvalue weighted by Crippen LogP contribution is -2.48. The molecule has 0 bridgehead atoms. The SMILES string of the molecule is Cc1ccccc1NC(=S)NNC(=O)[C@H](C)Oc1c(C)cc(Cl)cc1C. The van der Waals surface area contributed by atoms with Crippen LogP contribution in [0.3, 0.4) is 0 Å². The fourth-order valence-corrected chi connectivity index (χ4v) is 2.89. The molecule has 26 heavy (non-hydrogen) atoms. The van der Waals surface area contributed by atoms with Crippen molar-refractivity contribution in [3.8, 4) is 5.75 Å². The molecule has 0 aliphatic heterocycles. The predicted molar refractivity (Wildman–Crippen MR) is 110 cm³/mol. The Bertz CT molecular complexity index is 803. The second kappa shape index (κ2) is 8.87. The molecule has 1 amide bonds. The van der Waals surface area contributed by atoms with Crippen molar-refractivity contribution >= 4 is 40.5 Å². The quantitative estimate of drug-likeness (QED) is 0.542. The molecule has 0 fully saturated rings. The van der Waals surface area contributed by atoms with Gasteiger partial charge in [-0.05, 0) is 74.8 Å². The topological polar surface area (TPSA) is 62.4 Å². The van der Waals surface area contributed by atoms with Gasteiger partial charge in [0.1, 0.15) is 5.75 Å². The summed E-state index contributed by atoms with van der Waals surface area (Å²) in [5.41, 5.74) is 8.90. The third-order valence-corrected chi connectivity index (χ3v) is 4.20. The lowest BCUT2D eigenvalue weighted by atomic mass is 10.1. The first-order chi connectivity index (χ1) is 12.3. The summed E-state index contributed by atoms with van der Waals surface area (Å²) in [6.07, 6.45) is -0.706. The average molecular weight is 392 g/mol. The zero-order chi connectivity index (χ0) is 19.3. The number of benzene rings is 2. The second-order valence-corrected chi connectivity index (χ2v) is 6.86. The number of anilines is 1. The van der Waals surface area contributed by atoms with Crippen LogP contribution in [0.15, 0.2) is 36.4 Å². The highest BCUT2D eigenvalue weighted by molar-refractivity contribution is 7.80. The van der Waals surface area contributed by atoms with Gasteiger partial charge in [-0.1, -0.05) is 29.8 Å². The number of hydrogen-bond acceptors (Lipinski definition) is 3. The van der Waals surface area contributed by atoms with Gasteiger partial charge in [-0.3, -0.25) is 15.6 Å². The molecule has 1 atom stereocenters. The maximum atomic E-state index is 12.2. The van der Waals surface area contributed by atoms with Gasteiger partial charge in [0, 0.05) is 10.7 Å². The molecule has 2 aromatic carbocycles. The summed E-state index contributed by atoms with van der Waals surface area (Å²) in [6, 6.07) is 11.3. The smallest absolute Gasteiger partial charge is 0.279 e. The van der Waals surface area contributed by atoms with Crippen LogP contribution in [-0.2, 0) is 4.79 Å². The largest absolute Gasteiger partial charge is 0.480 e. The van der Waals surface area contributed by atoms with Crippen LogP contribution in [0.25, 0.3) is 0 Å². The molecule has 0 radical (unpaired) electrons. The molecule has 7 heteroatoms. The first-order valence-electron chi connectivity index (χ1n) is 8.14. The summed E-state index contributed by atoms with van der Waals surface area (Å²) in [6.45, 7) is 7.41. The van der Waals surface area contributed by atoms with Crippen LogP contribution in [0.2, 0.25) is 5.02 Å². The molecule has 138 valence electrons. The first kappa shape index (κ1) is 20.0. The lowest BCUT2D eigenvalue weighted by Gasteiger charge is -2.19. The van der Waals surface area contributed by atoms with Crippen LogP contribution in [0.5, 0.6) is 5.75 Å². The fraction of sp³-hybridized carbons (Fsp3) is 0.263. The Hall–Kier alpha value is -2.31. The van der Waals surface area contributed by atoms with Gasteiger partial charge in [0.2, 0.25) is 0 Å². The Morgan fingerprint density at radius 1 is 1.08 bits per heavy atom. The molecule has 0 saturated carbocycles. The molecule has 0 heterocycles. The van der Waals surface area contributed by atoms with Crippen molar-refractivity contribution in [3.05, 3.63) is 58.1 Å². The van der Waals surface area contributed by atoms with E-state index in [-0.39, 0.29) is 5.91 Å². The Morgan fingerprint density at radius 3 is 2.31 bits per heavy atom. The summed E-state index contributed by atoms with van der Waals surface area (Å²) in [7, 11) is 0. The summed E-state index contributed by atoms with van der Waals surface area (Å²) in [5.74, 6) is 0.311. The highest BCUT2D eigenvalue weighted by Crippen LogP contribution is 2.27. The molecular formula is C19H22ClN3O2S. The van der Waals surface area contributed by atoms with Gasteiger partial charge in [0.25, 0.3) is 5.91 Å². The number of carbonyl (C=O) groups excluding carboxylic acids is 1. The van der Waals surface area contributed by atoms with Crippen molar-refractivity contribution < 1.29 is 9.53 Å². The zero-order valence-electron chi connectivity index (χ0n) is 15.1. The Labute approximate surface area is 164 Å². The van der Waals surface area contributed by atoms with E-state index in [1.54, 1.807) is 19.1 Å². The molecule has 0 aromatic heterocycles. The number of carbonyl (C=O) groups is 1. The van der Waals surface area contributed by atoms with E-state index in [1.165, 1.54) is 0 Å². The molecular weight excluding hydrogens is 370 g/mol. The molecule has 0 aliphatic carbocycles. The number of para-hydroxylation sites is 1. The van der Waals surface area contributed by atoms with E-state index in [9.17, 15) is 4.79 Å². The van der Waals surface area contributed by atoms with Gasteiger partial charge in [-0.25, -0.2) is 0 Å². The highest BCUT2D eigenvalue weighted by Gasteiger charge is 2.17. The minimum absolute atomic E-state index is 0.290. The van der Waals surface area contributed by atoms with E-state index in [2.05, 4.69) is 16.2 Å². The van der Waals surface area contributed by atoms with E-state index in [0.717, 1.165) is 22.4 Å². The Kier molecular flexibility index (Phi) is 6.83. The third kappa shape index (κ3) is 5.34. The molecule has 5 nitrogen and oxygen atoms in total. The fourth-order valence-electron chi connectivity index (χ4n) is 2.40. The summed E-state index contributed by atoms with van der Waals surface area (Å²) in [4.78, 5) is 12.2. The van der Waals surface area contributed by atoms with E-state index < -0.39 is 6.10 Å². The summed E-state index contributed by atoms with van der Waals surface area (Å²) in [5, 5.41) is 3.96. The first-order valence-corrected chi connectivity index (χ1v) is 8.92. The average Bonchev–Trinajstić information content (AvgIpc) is 2.57. The predicted octanol–water partition coefficient (Wildman–Crippen LogP) is 4.05. The lowest BCUT2D eigenvalue weighted by molar-refractivity contribution is -0.127. The summed E-state index contributed by atoms with van der Waals surface area (Å²) >= 11 is 11.2. The van der Waals surface area contributed by atoms with Crippen LogP contribution in [0, 0.1) is 20.8 Å². The Morgan fingerprint density at radius 2 is 1.69 bits per heavy atom. The number of thiocarbonyl (C=S) groups is 1. The minimum atomic E-state index is -0.706. The molecule has 2 rings (SSSR count). The van der Waals surface area contributed by atoms with Crippen molar-refractivity contribution in [2.45, 2.75) is 33.8 Å². The van der Waals surface area contributed by atoms with Crippen LogP contribution in [0.1, 0.15) is 23.6 Å². The second-order valence-electron chi connectivity index (χ2n) is 6.01. The number of halogens is 1. The Balaban J connectivity index is 1.89. The molecule has 0 spiro atoms. The van der Waals surface area contributed by atoms with Crippen LogP contribution in [0.4, 0.5) is 5.69 Å². The number of rotatable bonds is 4. The summed E-state index contributed by atoms with van der Waals surface area (Å²) < 4.78 is 5.79. The molecule has 0 saturated heterocycles. The van der Waals surface area contributed by atoms with Crippen molar-refractivity contribution in [1.82, 2.24) is 10.9 Å². The van der Waals surface area contributed by atoms with Gasteiger partial charge >= 0.3 is 0 Å². The number of amides is 1. The van der Waals surface area contributed by atoms with E-state index >= 15 is 0 Å². The van der Waals surface area contributed by atoms with E-state index in [0.29, 0.717) is 15.9 Å². The van der Waals surface area contributed by atoms with Gasteiger partial charge < -0.3 is 10.1 Å². The molecule has 0 aliphatic rings. The van der Waals surface area contributed by atoms with Gasteiger partial charge in [-0.15, -0.1) is 0 Å². The number of aryl methyl sites for hydroxylation is 3. The number of hydrogen-bond donors (Lipinski definition) is 3. The number of ether oxygens (including phenoxy) is 1. The van der Waals surface area contributed by atoms with Gasteiger partial charge in [0.15, 0.2) is 11.2 Å². The standard InChI is InChI=1S/C19H22ClN3O2S/c1-11-7-5-6-8-16(11)21-19(26)23-22-18(24)14(4)25-17-12(2)9-15(20)10-13(17)3/h5-10,14H,1-4H3,(H,22,24)(H2,21,23,26)/t14-/m0/s1. The highest BCUT2D eigenvalue weighted by atomic mass is 35.5. The zero-order valence-corrected chi connectivity index (χ0v) is 16.7. The van der Waals surface area contributed by atoms with Crippen molar-refractivity contribution in [2.24, 2.45) is 0 Å². The minimum Gasteiger partial charge on any atom is -0.480 e. The number of hydrazine groups is 1. The van der Waals surface area contributed by atoms with Crippen LogP contribution in [-0.4, -0.2) is 17.1 Å². The van der Waals surface area contributed by atoms with Crippen molar-refractivity contribution in [2.75, 3.05) is 5.32 Å². The van der Waals surface area contributed by atoms with Crippen molar-refractivity contribution in [3.63, 3.8) is 0 Å². The monoisotopic (exact) mass is 391 g/mol. The van der Waals surface area contributed by atoms with Crippen molar-refractivity contribution in [1.29, 1.82) is 0 Å². The van der Waals surface area contributed by atoms with Gasteiger partial charge in [-0.2, -0.15) is 0 Å². The maximum Gasteiger partial charge on any atom is 0.279 e. The van der Waals surface area contributed by atoms with Crippen LogP contribution >= 0.6 is 23.8 Å². The molecule has 3 N–H and O–H groups in total. The van der Waals surface area contributed by atoms with E-state index in [1.807, 2.05) is 45.0 Å².